The van der Waals surface area contributed by atoms with Crippen molar-refractivity contribution in [3.8, 4) is 0 Å². The molecule has 0 amide bonds. The highest BCUT2D eigenvalue weighted by atomic mass is 32.2. The molecule has 0 aliphatic heterocycles. The average Bonchev–Trinajstić information content (AvgIpc) is 3.17. The summed E-state index contributed by atoms with van der Waals surface area (Å²) in [7, 11) is -3.57. The number of nitrogens with one attached hydrogen (secondary N) is 1. The van der Waals surface area contributed by atoms with Crippen LogP contribution < -0.4 is 4.72 Å². The van der Waals surface area contributed by atoms with Gasteiger partial charge in [-0.15, -0.1) is 0 Å². The Balaban J connectivity index is 1.77. The minimum atomic E-state index is -3.57. The molecule has 2 rings (SSSR count). The zero-order valence-corrected chi connectivity index (χ0v) is 12.4. The van der Waals surface area contributed by atoms with Gasteiger partial charge in [-0.1, -0.05) is 0 Å². The van der Waals surface area contributed by atoms with Crippen molar-refractivity contribution in [1.29, 1.82) is 0 Å². The third-order valence-corrected chi connectivity index (χ3v) is 4.86. The van der Waals surface area contributed by atoms with E-state index in [0.29, 0.717) is 31.1 Å². The van der Waals surface area contributed by atoms with Gasteiger partial charge in [-0.3, -0.25) is 0 Å². The third kappa shape index (κ3) is 4.54. The fourth-order valence-electron chi connectivity index (χ4n) is 1.91. The third-order valence-electron chi connectivity index (χ3n) is 3.23. The molecule has 0 saturated heterocycles. The maximum absolute atomic E-state index is 13.0. The van der Waals surface area contributed by atoms with E-state index in [1.807, 2.05) is 0 Å². The topological polar surface area (TPSA) is 55.4 Å². The maximum atomic E-state index is 13.0. The van der Waals surface area contributed by atoms with Crippen LogP contribution in [0.4, 0.5) is 4.39 Å². The molecular weight excluding hydrogens is 281 g/mol. The molecule has 1 aliphatic carbocycles. The van der Waals surface area contributed by atoms with Crippen LogP contribution in [-0.2, 0) is 14.8 Å². The van der Waals surface area contributed by atoms with Crippen molar-refractivity contribution >= 4 is 10.0 Å². The van der Waals surface area contributed by atoms with Crippen LogP contribution in [0.1, 0.15) is 24.8 Å². The molecule has 20 heavy (non-hydrogen) atoms. The van der Waals surface area contributed by atoms with E-state index in [-0.39, 0.29) is 4.90 Å². The first-order valence-electron chi connectivity index (χ1n) is 6.82. The molecule has 1 aliphatic rings. The van der Waals surface area contributed by atoms with Crippen molar-refractivity contribution in [3.63, 3.8) is 0 Å². The van der Waals surface area contributed by atoms with Crippen molar-refractivity contribution < 1.29 is 17.5 Å². The number of ether oxygens (including phenoxy) is 1. The number of halogens is 1. The van der Waals surface area contributed by atoms with Gasteiger partial charge >= 0.3 is 0 Å². The number of rotatable bonds is 8. The van der Waals surface area contributed by atoms with Crippen molar-refractivity contribution in [1.82, 2.24) is 4.72 Å². The number of hydrogen-bond donors (Lipinski definition) is 1. The summed E-state index contributed by atoms with van der Waals surface area (Å²) < 4.78 is 45.0. The number of sulfonamides is 1. The Morgan fingerprint density at radius 2 is 2.15 bits per heavy atom. The summed E-state index contributed by atoms with van der Waals surface area (Å²) in [5, 5.41) is 0. The molecule has 0 atom stereocenters. The second-order valence-corrected chi connectivity index (χ2v) is 6.91. The maximum Gasteiger partial charge on any atom is 0.240 e. The molecule has 4 nitrogen and oxygen atoms in total. The van der Waals surface area contributed by atoms with Crippen LogP contribution >= 0.6 is 0 Å². The SMILES string of the molecule is Cc1cc(F)ccc1S(=O)(=O)NCCCOCC1CC1. The van der Waals surface area contributed by atoms with Gasteiger partial charge < -0.3 is 4.74 Å². The molecular formula is C14H20FNO3S. The lowest BCUT2D eigenvalue weighted by Crippen LogP contribution is -2.26. The van der Waals surface area contributed by atoms with Crippen LogP contribution in [0.15, 0.2) is 23.1 Å². The molecule has 112 valence electrons. The summed E-state index contributed by atoms with van der Waals surface area (Å²) in [4.78, 5) is 0.123. The average molecular weight is 301 g/mol. The minimum absolute atomic E-state index is 0.123. The van der Waals surface area contributed by atoms with E-state index < -0.39 is 15.8 Å². The predicted molar refractivity (Wildman–Crippen MR) is 74.5 cm³/mol. The van der Waals surface area contributed by atoms with Crippen LogP contribution in [0.3, 0.4) is 0 Å². The molecule has 0 radical (unpaired) electrons. The van der Waals surface area contributed by atoms with E-state index in [2.05, 4.69) is 4.72 Å². The summed E-state index contributed by atoms with van der Waals surface area (Å²) in [6, 6.07) is 3.66. The van der Waals surface area contributed by atoms with Gasteiger partial charge in [-0.25, -0.2) is 17.5 Å². The van der Waals surface area contributed by atoms with E-state index in [0.717, 1.165) is 12.7 Å². The van der Waals surface area contributed by atoms with Crippen LogP contribution in [0, 0.1) is 18.7 Å². The summed E-state index contributed by atoms with van der Waals surface area (Å²) in [5.41, 5.74) is 0.405. The van der Waals surface area contributed by atoms with Gasteiger partial charge in [0.2, 0.25) is 10.0 Å². The van der Waals surface area contributed by atoms with Gasteiger partial charge in [0.1, 0.15) is 5.82 Å². The van der Waals surface area contributed by atoms with Crippen LogP contribution in [0.5, 0.6) is 0 Å². The van der Waals surface area contributed by atoms with E-state index in [4.69, 9.17) is 4.74 Å². The second-order valence-electron chi connectivity index (χ2n) is 5.18. The van der Waals surface area contributed by atoms with Gasteiger partial charge in [-0.2, -0.15) is 0 Å². The summed E-state index contributed by atoms with van der Waals surface area (Å²) in [6.45, 7) is 3.24. The molecule has 0 bridgehead atoms. The molecule has 1 fully saturated rings. The first kappa shape index (κ1) is 15.4. The lowest BCUT2D eigenvalue weighted by atomic mass is 10.2. The smallest absolute Gasteiger partial charge is 0.240 e. The molecule has 0 unspecified atom stereocenters. The fraction of sp³-hybridized carbons (Fsp3) is 0.571. The first-order chi connectivity index (χ1) is 9.49. The predicted octanol–water partition coefficient (Wildman–Crippen LogP) is 2.23. The Morgan fingerprint density at radius 3 is 2.80 bits per heavy atom. The Labute approximate surface area is 119 Å². The zero-order valence-electron chi connectivity index (χ0n) is 11.6. The van der Waals surface area contributed by atoms with Gasteiger partial charge in [0.25, 0.3) is 0 Å². The molecule has 1 saturated carbocycles. The quantitative estimate of drug-likeness (QED) is 0.749. The van der Waals surface area contributed by atoms with Crippen LogP contribution in [0.2, 0.25) is 0 Å². The molecule has 1 N–H and O–H groups in total. The fourth-order valence-corrected chi connectivity index (χ4v) is 3.21. The summed E-state index contributed by atoms with van der Waals surface area (Å²) >= 11 is 0. The Kier molecular flexibility index (Phi) is 5.12. The van der Waals surface area contributed by atoms with E-state index >= 15 is 0 Å². The molecule has 0 spiro atoms. The van der Waals surface area contributed by atoms with Gasteiger partial charge in [0, 0.05) is 19.8 Å². The van der Waals surface area contributed by atoms with E-state index in [9.17, 15) is 12.8 Å². The number of benzene rings is 1. The van der Waals surface area contributed by atoms with E-state index in [1.165, 1.54) is 25.0 Å². The molecule has 1 aromatic rings. The molecule has 6 heteroatoms. The summed E-state index contributed by atoms with van der Waals surface area (Å²) in [5.74, 6) is 0.281. The number of hydrogen-bond acceptors (Lipinski definition) is 3. The monoisotopic (exact) mass is 301 g/mol. The Bertz CT molecular complexity index is 556. The Hall–Kier alpha value is -0.980. The highest BCUT2D eigenvalue weighted by Crippen LogP contribution is 2.28. The highest BCUT2D eigenvalue weighted by Gasteiger charge is 2.21. The Morgan fingerprint density at radius 1 is 1.40 bits per heavy atom. The summed E-state index contributed by atoms with van der Waals surface area (Å²) in [6.07, 6.45) is 3.12. The lowest BCUT2D eigenvalue weighted by molar-refractivity contribution is 0.123. The molecule has 0 aromatic heterocycles. The van der Waals surface area contributed by atoms with Gasteiger partial charge in [-0.05, 0) is 55.9 Å². The largest absolute Gasteiger partial charge is 0.381 e. The van der Waals surface area contributed by atoms with E-state index in [1.54, 1.807) is 6.92 Å². The standard InChI is InChI=1S/C14H20FNO3S/c1-11-9-13(15)5-6-14(11)20(17,18)16-7-2-8-19-10-12-3-4-12/h5-6,9,12,16H,2-4,7-8,10H2,1H3. The zero-order chi connectivity index (χ0) is 14.6. The van der Waals surface area contributed by atoms with Crippen LogP contribution in [0.25, 0.3) is 0 Å². The number of aryl methyl sites for hydroxylation is 1. The van der Waals surface area contributed by atoms with Crippen LogP contribution in [-0.4, -0.2) is 28.2 Å². The first-order valence-corrected chi connectivity index (χ1v) is 8.31. The van der Waals surface area contributed by atoms with Crippen molar-refractivity contribution in [2.75, 3.05) is 19.8 Å². The van der Waals surface area contributed by atoms with Gasteiger partial charge in [0.05, 0.1) is 4.90 Å². The van der Waals surface area contributed by atoms with Gasteiger partial charge in [0.15, 0.2) is 0 Å². The van der Waals surface area contributed by atoms with Crippen molar-refractivity contribution in [2.24, 2.45) is 5.92 Å². The highest BCUT2D eigenvalue weighted by molar-refractivity contribution is 7.89. The van der Waals surface area contributed by atoms with Crippen molar-refractivity contribution in [3.05, 3.63) is 29.6 Å². The lowest BCUT2D eigenvalue weighted by Gasteiger charge is -2.09. The normalized spacial score (nSPS) is 15.5. The van der Waals surface area contributed by atoms with Crippen molar-refractivity contribution in [2.45, 2.75) is 31.1 Å². The molecule has 1 aromatic carbocycles. The minimum Gasteiger partial charge on any atom is -0.381 e. The second kappa shape index (κ2) is 6.65. The molecule has 0 heterocycles.